The van der Waals surface area contributed by atoms with Gasteiger partial charge in [-0.25, -0.2) is 0 Å². The van der Waals surface area contributed by atoms with E-state index in [0.29, 0.717) is 6.42 Å². The van der Waals surface area contributed by atoms with Crippen molar-refractivity contribution >= 4 is 0 Å². The molecule has 1 unspecified atom stereocenters. The van der Waals surface area contributed by atoms with Gasteiger partial charge in [-0.3, -0.25) is 0 Å². The summed E-state index contributed by atoms with van der Waals surface area (Å²) in [5.74, 6) is 0.817. The van der Waals surface area contributed by atoms with E-state index >= 15 is 0 Å². The molecule has 0 saturated heterocycles. The molecule has 0 spiro atoms. The molecule has 1 nitrogen and oxygen atoms in total. The number of rotatable bonds is 8. The minimum absolute atomic E-state index is 0.256. The molecular weight excluding hydrogens is 251 g/mol. The average molecular weight is 279 g/mol. The van der Waals surface area contributed by atoms with Crippen molar-refractivity contribution in [1.82, 2.24) is 5.32 Å². The second-order valence-electron chi connectivity index (χ2n) is 5.84. The van der Waals surface area contributed by atoms with Crippen molar-refractivity contribution in [3.63, 3.8) is 0 Å². The summed E-state index contributed by atoms with van der Waals surface area (Å²) < 4.78 is 36.4. The Morgan fingerprint density at radius 2 is 1.79 bits per heavy atom. The summed E-state index contributed by atoms with van der Waals surface area (Å²) >= 11 is 0. The molecule has 0 heterocycles. The summed E-state index contributed by atoms with van der Waals surface area (Å²) in [5, 5.41) is 3.34. The molecular formula is C15H28F3N. The van der Waals surface area contributed by atoms with E-state index in [4.69, 9.17) is 0 Å². The molecule has 1 aliphatic rings. The van der Waals surface area contributed by atoms with Gasteiger partial charge in [-0.2, -0.15) is 13.2 Å². The van der Waals surface area contributed by atoms with Crippen LogP contribution in [0.15, 0.2) is 0 Å². The lowest BCUT2D eigenvalue weighted by atomic mass is 9.85. The second kappa shape index (κ2) is 8.83. The third kappa shape index (κ3) is 8.51. The maximum atomic E-state index is 12.1. The van der Waals surface area contributed by atoms with E-state index in [1.807, 2.05) is 6.92 Å². The molecule has 19 heavy (non-hydrogen) atoms. The van der Waals surface area contributed by atoms with Gasteiger partial charge in [0.1, 0.15) is 0 Å². The highest BCUT2D eigenvalue weighted by Crippen LogP contribution is 2.29. The van der Waals surface area contributed by atoms with Gasteiger partial charge < -0.3 is 5.32 Å². The van der Waals surface area contributed by atoms with E-state index < -0.39 is 12.6 Å². The third-order valence-electron chi connectivity index (χ3n) is 4.15. The number of nitrogens with one attached hydrogen (secondary N) is 1. The summed E-state index contributed by atoms with van der Waals surface area (Å²) in [6.45, 7) is 2.87. The largest absolute Gasteiger partial charge is 0.389 e. The van der Waals surface area contributed by atoms with E-state index in [2.05, 4.69) is 5.32 Å². The molecule has 1 atom stereocenters. The standard InChI is InChI=1S/C15H28F3N/c1-2-19-14(9-6-12-15(16,17)18)11-10-13-7-4-3-5-8-13/h13-14,19H,2-12H2,1H3. The first-order chi connectivity index (χ1) is 9.01. The highest BCUT2D eigenvalue weighted by Gasteiger charge is 2.26. The third-order valence-corrected chi connectivity index (χ3v) is 4.15. The Morgan fingerprint density at radius 3 is 2.37 bits per heavy atom. The van der Waals surface area contributed by atoms with Crippen LogP contribution in [0, 0.1) is 5.92 Å². The molecule has 0 radical (unpaired) electrons. The SMILES string of the molecule is CCNC(CCCC(F)(F)F)CCC1CCCCC1. The fourth-order valence-corrected chi connectivity index (χ4v) is 3.10. The summed E-state index contributed by atoms with van der Waals surface area (Å²) in [4.78, 5) is 0. The first kappa shape index (κ1) is 16.8. The van der Waals surface area contributed by atoms with E-state index in [1.54, 1.807) is 0 Å². The van der Waals surface area contributed by atoms with Crippen LogP contribution in [0.4, 0.5) is 13.2 Å². The zero-order chi connectivity index (χ0) is 14.1. The molecule has 1 aliphatic carbocycles. The van der Waals surface area contributed by atoms with Crippen LogP contribution in [0.3, 0.4) is 0 Å². The van der Waals surface area contributed by atoms with Gasteiger partial charge in [0, 0.05) is 12.5 Å². The number of alkyl halides is 3. The Labute approximate surface area is 115 Å². The van der Waals surface area contributed by atoms with Crippen molar-refractivity contribution in [3.05, 3.63) is 0 Å². The molecule has 0 amide bonds. The molecule has 1 N–H and O–H groups in total. The van der Waals surface area contributed by atoms with Crippen molar-refractivity contribution < 1.29 is 13.2 Å². The monoisotopic (exact) mass is 279 g/mol. The van der Waals surface area contributed by atoms with E-state index in [9.17, 15) is 13.2 Å². The normalized spacial score (nSPS) is 19.6. The van der Waals surface area contributed by atoms with Gasteiger partial charge >= 0.3 is 6.18 Å². The molecule has 0 bridgehead atoms. The lowest BCUT2D eigenvalue weighted by molar-refractivity contribution is -0.135. The molecule has 1 rings (SSSR count). The summed E-state index contributed by atoms with van der Waals surface area (Å²) in [7, 11) is 0. The Balaban J connectivity index is 2.19. The lowest BCUT2D eigenvalue weighted by Crippen LogP contribution is -2.30. The highest BCUT2D eigenvalue weighted by molar-refractivity contribution is 4.72. The summed E-state index contributed by atoms with van der Waals surface area (Å²) in [6, 6.07) is 0.272. The summed E-state index contributed by atoms with van der Waals surface area (Å²) in [5.41, 5.74) is 0. The van der Waals surface area contributed by atoms with Crippen LogP contribution in [0.25, 0.3) is 0 Å². The minimum Gasteiger partial charge on any atom is -0.314 e. The van der Waals surface area contributed by atoms with Gasteiger partial charge in [-0.15, -0.1) is 0 Å². The Morgan fingerprint density at radius 1 is 1.11 bits per heavy atom. The second-order valence-corrected chi connectivity index (χ2v) is 5.84. The number of halogens is 3. The van der Waals surface area contributed by atoms with Crippen LogP contribution in [0.1, 0.15) is 71.1 Å². The van der Waals surface area contributed by atoms with Crippen LogP contribution in [0.2, 0.25) is 0 Å². The zero-order valence-corrected chi connectivity index (χ0v) is 12.1. The number of hydrogen-bond acceptors (Lipinski definition) is 1. The van der Waals surface area contributed by atoms with Gasteiger partial charge in [0.25, 0.3) is 0 Å². The van der Waals surface area contributed by atoms with Crippen LogP contribution in [0.5, 0.6) is 0 Å². The van der Waals surface area contributed by atoms with Gasteiger partial charge in [0.05, 0.1) is 0 Å². The minimum atomic E-state index is -4.00. The fraction of sp³-hybridized carbons (Fsp3) is 1.00. The van der Waals surface area contributed by atoms with Crippen molar-refractivity contribution in [2.24, 2.45) is 5.92 Å². The van der Waals surface area contributed by atoms with E-state index in [-0.39, 0.29) is 12.5 Å². The average Bonchev–Trinajstić information content (AvgIpc) is 2.36. The van der Waals surface area contributed by atoms with E-state index in [1.165, 1.54) is 38.5 Å². The van der Waals surface area contributed by atoms with Crippen molar-refractivity contribution in [1.29, 1.82) is 0 Å². The van der Waals surface area contributed by atoms with E-state index in [0.717, 1.165) is 18.9 Å². The predicted octanol–water partition coefficient (Wildman–Crippen LogP) is 5.06. The first-order valence-corrected chi connectivity index (χ1v) is 7.81. The first-order valence-electron chi connectivity index (χ1n) is 7.81. The fourth-order valence-electron chi connectivity index (χ4n) is 3.10. The predicted molar refractivity (Wildman–Crippen MR) is 73.2 cm³/mol. The van der Waals surface area contributed by atoms with Gasteiger partial charge in [-0.1, -0.05) is 39.0 Å². The lowest BCUT2D eigenvalue weighted by Gasteiger charge is -2.25. The molecule has 1 fully saturated rings. The Hall–Kier alpha value is -0.250. The molecule has 0 aromatic rings. The van der Waals surface area contributed by atoms with Gasteiger partial charge in [0.2, 0.25) is 0 Å². The smallest absolute Gasteiger partial charge is 0.314 e. The zero-order valence-electron chi connectivity index (χ0n) is 12.1. The molecule has 4 heteroatoms. The summed E-state index contributed by atoms with van der Waals surface area (Å²) in [6.07, 6.45) is 5.17. The topological polar surface area (TPSA) is 12.0 Å². The van der Waals surface area contributed by atoms with Crippen LogP contribution in [-0.2, 0) is 0 Å². The quantitative estimate of drug-likeness (QED) is 0.655. The van der Waals surface area contributed by atoms with Crippen LogP contribution >= 0.6 is 0 Å². The maximum absolute atomic E-state index is 12.1. The van der Waals surface area contributed by atoms with Gasteiger partial charge in [0.15, 0.2) is 0 Å². The van der Waals surface area contributed by atoms with Crippen molar-refractivity contribution in [2.75, 3.05) is 6.54 Å². The van der Waals surface area contributed by atoms with Gasteiger partial charge in [-0.05, 0) is 38.1 Å². The molecule has 1 saturated carbocycles. The Kier molecular flexibility index (Phi) is 7.81. The number of hydrogen-bond donors (Lipinski definition) is 1. The van der Waals surface area contributed by atoms with Crippen molar-refractivity contribution in [2.45, 2.75) is 83.4 Å². The van der Waals surface area contributed by atoms with Crippen LogP contribution < -0.4 is 5.32 Å². The Bertz CT molecular complexity index is 222. The highest BCUT2D eigenvalue weighted by atomic mass is 19.4. The van der Waals surface area contributed by atoms with Crippen LogP contribution in [-0.4, -0.2) is 18.8 Å². The molecule has 0 aromatic carbocycles. The molecule has 0 aliphatic heterocycles. The molecule has 114 valence electrons. The van der Waals surface area contributed by atoms with Crippen molar-refractivity contribution in [3.8, 4) is 0 Å². The molecule has 0 aromatic heterocycles. The maximum Gasteiger partial charge on any atom is 0.389 e.